The molecule has 0 saturated heterocycles. The van der Waals surface area contributed by atoms with Gasteiger partial charge in [0.25, 0.3) is 0 Å². The first-order valence-electron chi connectivity index (χ1n) is 12.6. The minimum absolute atomic E-state index is 0.0670. The van der Waals surface area contributed by atoms with E-state index < -0.39 is 38.5 Å². The first-order chi connectivity index (χ1) is 18.2. The summed E-state index contributed by atoms with van der Waals surface area (Å²) in [4.78, 5) is 28.8. The number of sulfonamides is 1. The topological polar surface area (TPSA) is 102 Å². The van der Waals surface area contributed by atoms with Gasteiger partial charge < -0.3 is 9.47 Å². The normalized spacial score (nSPS) is 18.8. The minimum Gasteiger partial charge on any atom is -0.497 e. The number of rotatable bonds is 7. The summed E-state index contributed by atoms with van der Waals surface area (Å²) >= 11 is 0. The molecule has 1 aliphatic rings. The van der Waals surface area contributed by atoms with E-state index in [-0.39, 0.29) is 11.4 Å². The summed E-state index contributed by atoms with van der Waals surface area (Å²) < 4.78 is 40.2. The van der Waals surface area contributed by atoms with Gasteiger partial charge in [-0.3, -0.25) is 4.79 Å². The third kappa shape index (κ3) is 5.04. The maximum absolute atomic E-state index is 14.3. The molecule has 0 radical (unpaired) electrons. The van der Waals surface area contributed by atoms with E-state index in [1.165, 1.54) is 19.2 Å². The van der Waals surface area contributed by atoms with Gasteiger partial charge in [0.2, 0.25) is 15.9 Å². The molecule has 4 rings (SSSR count). The van der Waals surface area contributed by atoms with Gasteiger partial charge in [-0.1, -0.05) is 55.5 Å². The van der Waals surface area contributed by atoms with Crippen LogP contribution in [0, 0.1) is 0 Å². The molecule has 1 heterocycles. The second kappa shape index (κ2) is 10.1. The Balaban J connectivity index is 1.82. The molecule has 39 heavy (non-hydrogen) atoms. The lowest BCUT2D eigenvalue weighted by molar-refractivity contribution is -0.124. The van der Waals surface area contributed by atoms with Gasteiger partial charge in [0.1, 0.15) is 11.4 Å². The fraction of sp³-hybridized carbons (Fsp3) is 0.333. The molecule has 9 heteroatoms. The maximum Gasteiger partial charge on any atom is 0.421 e. The van der Waals surface area contributed by atoms with E-state index in [1.807, 2.05) is 37.3 Å². The zero-order valence-electron chi connectivity index (χ0n) is 23.0. The fourth-order valence-electron chi connectivity index (χ4n) is 5.01. The molecule has 1 aliphatic heterocycles. The van der Waals surface area contributed by atoms with Gasteiger partial charge in [-0.25, -0.2) is 22.8 Å². The summed E-state index contributed by atoms with van der Waals surface area (Å²) in [5.74, 6) is 0.0407. The lowest BCUT2D eigenvalue weighted by atomic mass is 9.59. The summed E-state index contributed by atoms with van der Waals surface area (Å²) in [5, 5.41) is 0. The highest BCUT2D eigenvalue weighted by Crippen LogP contribution is 2.53. The quantitative estimate of drug-likeness (QED) is 0.436. The van der Waals surface area contributed by atoms with Crippen LogP contribution in [0.15, 0.2) is 83.8 Å². The van der Waals surface area contributed by atoms with Crippen molar-refractivity contribution in [1.29, 1.82) is 0 Å². The van der Waals surface area contributed by atoms with Crippen molar-refractivity contribution in [1.82, 2.24) is 4.72 Å². The van der Waals surface area contributed by atoms with Crippen molar-refractivity contribution in [3.63, 3.8) is 0 Å². The Morgan fingerprint density at radius 2 is 1.51 bits per heavy atom. The van der Waals surface area contributed by atoms with Crippen molar-refractivity contribution in [2.24, 2.45) is 0 Å². The molecule has 3 aromatic carbocycles. The van der Waals surface area contributed by atoms with E-state index in [4.69, 9.17) is 9.47 Å². The van der Waals surface area contributed by atoms with Gasteiger partial charge in [0.05, 0.1) is 23.1 Å². The Kier molecular flexibility index (Phi) is 7.35. The second-order valence-corrected chi connectivity index (χ2v) is 12.7. The zero-order valence-corrected chi connectivity index (χ0v) is 23.8. The number of ether oxygens (including phenoxy) is 2. The van der Waals surface area contributed by atoms with Crippen molar-refractivity contribution < 1.29 is 27.5 Å². The number of methoxy groups -OCH3 is 1. The lowest BCUT2D eigenvalue weighted by Crippen LogP contribution is -2.57. The highest BCUT2D eigenvalue weighted by molar-refractivity contribution is 7.89. The van der Waals surface area contributed by atoms with Crippen LogP contribution in [0.3, 0.4) is 0 Å². The Morgan fingerprint density at radius 3 is 2.10 bits per heavy atom. The molecule has 206 valence electrons. The number of anilines is 1. The maximum atomic E-state index is 14.3. The average Bonchev–Trinajstić information content (AvgIpc) is 3.14. The van der Waals surface area contributed by atoms with Gasteiger partial charge >= 0.3 is 6.09 Å². The van der Waals surface area contributed by atoms with Crippen LogP contribution in [0.4, 0.5) is 10.5 Å². The van der Waals surface area contributed by atoms with Gasteiger partial charge in [-0.05, 0) is 69.2 Å². The van der Waals surface area contributed by atoms with Crippen LogP contribution in [0.25, 0.3) is 0 Å². The Morgan fingerprint density at radius 1 is 0.923 bits per heavy atom. The first kappa shape index (κ1) is 28.3. The number of fused-ring (bicyclic) bond motifs is 1. The number of carbonyl (C=O) groups is 2. The van der Waals surface area contributed by atoms with Crippen molar-refractivity contribution in [3.05, 3.63) is 90.0 Å². The predicted molar refractivity (Wildman–Crippen MR) is 149 cm³/mol. The van der Waals surface area contributed by atoms with Crippen LogP contribution in [0.1, 0.15) is 45.7 Å². The Hall–Kier alpha value is -3.69. The number of nitrogens with zero attached hydrogens (tertiary/aromatic N) is 1. The lowest BCUT2D eigenvalue weighted by Gasteiger charge is -2.43. The smallest absolute Gasteiger partial charge is 0.421 e. The van der Waals surface area contributed by atoms with Crippen molar-refractivity contribution >= 4 is 27.7 Å². The highest BCUT2D eigenvalue weighted by atomic mass is 32.2. The van der Waals surface area contributed by atoms with E-state index in [0.29, 0.717) is 17.0 Å². The van der Waals surface area contributed by atoms with Crippen molar-refractivity contribution in [2.45, 2.75) is 55.9 Å². The van der Waals surface area contributed by atoms with Crippen LogP contribution in [-0.2, 0) is 30.4 Å². The number of imide groups is 1. The third-order valence-electron chi connectivity index (χ3n) is 7.39. The molecule has 0 bridgehead atoms. The predicted octanol–water partition coefficient (Wildman–Crippen LogP) is 5.17. The molecule has 0 aromatic heterocycles. The van der Waals surface area contributed by atoms with Crippen LogP contribution >= 0.6 is 0 Å². The molecule has 0 spiro atoms. The standard InChI is InChI=1S/C30H34N2O6S/c1-28(2,3)38-27(34)32-25-15-11-10-14-24(25)30(5,26(32)33)29(4,21-12-8-7-9-13-21)20-31-39(35,36)23-18-16-22(37-6)17-19-23/h7-19,31H,20H2,1-6H3/t29-,30+/m1/s1. The summed E-state index contributed by atoms with van der Waals surface area (Å²) in [5.41, 5.74) is -1.50. The number of nitrogens with one attached hydrogen (secondary N) is 1. The largest absolute Gasteiger partial charge is 0.497 e. The van der Waals surface area contributed by atoms with Gasteiger partial charge in [0, 0.05) is 12.0 Å². The number of carbonyl (C=O) groups excluding carboxylic acids is 2. The molecule has 0 saturated carbocycles. The molecule has 1 N–H and O–H groups in total. The minimum atomic E-state index is -3.95. The van der Waals surface area contributed by atoms with Crippen molar-refractivity contribution in [3.8, 4) is 5.75 Å². The summed E-state index contributed by atoms with van der Waals surface area (Å²) in [6.45, 7) is 8.68. The molecular weight excluding hydrogens is 516 g/mol. The molecule has 0 unspecified atom stereocenters. The van der Waals surface area contributed by atoms with Crippen molar-refractivity contribution in [2.75, 3.05) is 18.6 Å². The van der Waals surface area contributed by atoms with E-state index in [2.05, 4.69) is 4.72 Å². The van der Waals surface area contributed by atoms with Gasteiger partial charge in [0.15, 0.2) is 0 Å². The Labute approximate surface area is 230 Å². The molecule has 0 aliphatic carbocycles. The number of hydrogen-bond acceptors (Lipinski definition) is 6. The van der Waals surface area contributed by atoms with Crippen LogP contribution in [0.2, 0.25) is 0 Å². The summed E-state index contributed by atoms with van der Waals surface area (Å²) in [7, 11) is -2.45. The third-order valence-corrected chi connectivity index (χ3v) is 8.81. The molecule has 2 amide bonds. The molecule has 3 aromatic rings. The van der Waals surface area contributed by atoms with E-state index in [0.717, 1.165) is 10.5 Å². The monoisotopic (exact) mass is 550 g/mol. The highest BCUT2D eigenvalue weighted by Gasteiger charge is 2.60. The number of amides is 2. The van der Waals surface area contributed by atoms with Crippen LogP contribution < -0.4 is 14.4 Å². The zero-order chi connectivity index (χ0) is 28.6. The molecular formula is C30H34N2O6S. The molecule has 0 fully saturated rings. The van der Waals surface area contributed by atoms with E-state index >= 15 is 0 Å². The average molecular weight is 551 g/mol. The van der Waals surface area contributed by atoms with E-state index in [9.17, 15) is 18.0 Å². The molecule has 8 nitrogen and oxygen atoms in total. The van der Waals surface area contributed by atoms with Crippen LogP contribution in [0.5, 0.6) is 5.75 Å². The SMILES string of the molecule is COc1ccc(S(=O)(=O)NC[C@](C)(c2ccccc2)[C@]2(C)C(=O)N(C(=O)OC(C)(C)C)c3ccccc32)cc1. The number of para-hydroxylation sites is 1. The van der Waals surface area contributed by atoms with E-state index in [1.54, 1.807) is 64.1 Å². The van der Waals surface area contributed by atoms with Gasteiger partial charge in [-0.2, -0.15) is 0 Å². The number of benzene rings is 3. The van der Waals surface area contributed by atoms with Crippen LogP contribution in [-0.4, -0.2) is 39.7 Å². The number of hydrogen-bond donors (Lipinski definition) is 1. The molecule has 2 atom stereocenters. The second-order valence-electron chi connectivity index (χ2n) is 11.0. The summed E-state index contributed by atoms with van der Waals surface area (Å²) in [6.07, 6.45) is -0.780. The Bertz CT molecular complexity index is 1480. The van der Waals surface area contributed by atoms with Gasteiger partial charge in [-0.15, -0.1) is 0 Å². The first-order valence-corrected chi connectivity index (χ1v) is 14.1. The summed E-state index contributed by atoms with van der Waals surface area (Å²) in [6, 6.07) is 22.4. The fourth-order valence-corrected chi connectivity index (χ4v) is 6.15.